The van der Waals surface area contributed by atoms with Crippen molar-refractivity contribution in [3.63, 3.8) is 0 Å². The van der Waals surface area contributed by atoms with Crippen molar-refractivity contribution in [3.05, 3.63) is 68.3 Å². The van der Waals surface area contributed by atoms with Crippen LogP contribution in [0.15, 0.2) is 51.4 Å². The van der Waals surface area contributed by atoms with Crippen LogP contribution in [0.2, 0.25) is 10.0 Å². The number of rotatable bonds is 3. The van der Waals surface area contributed by atoms with Crippen molar-refractivity contribution in [1.82, 2.24) is 0 Å². The van der Waals surface area contributed by atoms with E-state index in [0.29, 0.717) is 27.2 Å². The number of anilines is 2. The Morgan fingerprint density at radius 2 is 1.92 bits per heavy atom. The first-order valence-electron chi connectivity index (χ1n) is 7.27. The lowest BCUT2D eigenvalue weighted by molar-refractivity contribution is 0.0997. The van der Waals surface area contributed by atoms with Gasteiger partial charge in [-0.1, -0.05) is 23.2 Å². The molecule has 0 saturated heterocycles. The summed E-state index contributed by atoms with van der Waals surface area (Å²) in [4.78, 5) is 12.4. The highest BCUT2D eigenvalue weighted by Gasteiger charge is 2.16. The van der Waals surface area contributed by atoms with Gasteiger partial charge >= 0.3 is 0 Å². The van der Waals surface area contributed by atoms with E-state index in [0.717, 1.165) is 15.6 Å². The van der Waals surface area contributed by atoms with Crippen molar-refractivity contribution >= 4 is 56.4 Å². The van der Waals surface area contributed by atoms with E-state index in [1.165, 1.54) is 0 Å². The first-order chi connectivity index (χ1) is 11.8. The monoisotopic (exact) mass is 438 g/mol. The Labute approximate surface area is 163 Å². The average Bonchev–Trinajstić information content (AvgIpc) is 3.02. The Morgan fingerprint density at radius 1 is 1.16 bits per heavy atom. The maximum Gasteiger partial charge on any atom is 0.291 e. The van der Waals surface area contributed by atoms with Gasteiger partial charge in [-0.15, -0.1) is 0 Å². The molecule has 128 valence electrons. The average molecular weight is 440 g/mol. The molecule has 1 aromatic heterocycles. The summed E-state index contributed by atoms with van der Waals surface area (Å²) in [6, 6.07) is 11.9. The van der Waals surface area contributed by atoms with Crippen LogP contribution in [0.3, 0.4) is 0 Å². The predicted octanol–water partition coefficient (Wildman–Crippen LogP) is 6.16. The lowest BCUT2D eigenvalue weighted by Crippen LogP contribution is -2.12. The number of halogens is 3. The fourth-order valence-electron chi connectivity index (χ4n) is 2.29. The van der Waals surface area contributed by atoms with Gasteiger partial charge in [-0.3, -0.25) is 4.79 Å². The number of nitrogens with two attached hydrogens (primary N) is 1. The summed E-state index contributed by atoms with van der Waals surface area (Å²) in [5.41, 5.74) is 8.42. The maximum absolute atomic E-state index is 12.4. The van der Waals surface area contributed by atoms with E-state index < -0.39 is 5.91 Å². The Balaban J connectivity index is 1.85. The number of hydrogen-bond acceptors (Lipinski definition) is 3. The number of aryl methyl sites for hydroxylation is 1. The van der Waals surface area contributed by atoms with Crippen molar-refractivity contribution in [1.29, 1.82) is 0 Å². The Hall–Kier alpha value is -1.95. The van der Waals surface area contributed by atoms with Crippen LogP contribution in [0.1, 0.15) is 16.1 Å². The summed E-state index contributed by atoms with van der Waals surface area (Å²) in [6.07, 6.45) is 0. The molecule has 4 nitrogen and oxygen atoms in total. The number of benzene rings is 2. The van der Waals surface area contributed by atoms with Crippen molar-refractivity contribution < 1.29 is 9.21 Å². The Bertz CT molecular complexity index is 970. The molecule has 3 aromatic rings. The maximum atomic E-state index is 12.4. The number of nitrogen functional groups attached to an aromatic ring is 1. The van der Waals surface area contributed by atoms with Crippen molar-refractivity contribution in [3.8, 4) is 11.3 Å². The molecule has 0 fully saturated rings. The summed E-state index contributed by atoms with van der Waals surface area (Å²) in [5.74, 6) is 0.291. The molecule has 0 aliphatic rings. The molecule has 3 N–H and O–H groups in total. The van der Waals surface area contributed by atoms with E-state index in [-0.39, 0.29) is 5.76 Å². The molecular formula is C18H13BrCl2N2O2. The molecular weight excluding hydrogens is 427 g/mol. The van der Waals surface area contributed by atoms with Crippen LogP contribution in [0.25, 0.3) is 11.3 Å². The largest absolute Gasteiger partial charge is 0.451 e. The molecule has 0 radical (unpaired) electrons. The molecule has 0 atom stereocenters. The Kier molecular flexibility index (Phi) is 5.08. The van der Waals surface area contributed by atoms with Crippen LogP contribution in [0, 0.1) is 6.92 Å². The fraction of sp³-hybridized carbons (Fsp3) is 0.0556. The Morgan fingerprint density at radius 3 is 2.64 bits per heavy atom. The lowest BCUT2D eigenvalue weighted by atomic mass is 10.2. The topological polar surface area (TPSA) is 68.3 Å². The third-order valence-corrected chi connectivity index (χ3v) is 4.90. The van der Waals surface area contributed by atoms with Crippen LogP contribution in [-0.4, -0.2) is 5.91 Å². The molecule has 2 aromatic carbocycles. The second kappa shape index (κ2) is 7.12. The standard InChI is InChI=1S/C18H13BrCl2N2O2/c1-9-6-14(22)15(8-13(9)21)23-18(24)17-5-4-16(25-17)11-3-2-10(20)7-12(11)19/h2-8H,22H2,1H3,(H,23,24). The third-order valence-electron chi connectivity index (χ3n) is 3.61. The van der Waals surface area contributed by atoms with Crippen molar-refractivity contribution in [2.75, 3.05) is 11.1 Å². The molecule has 3 rings (SSSR count). The first kappa shape index (κ1) is 17.9. The predicted molar refractivity (Wildman–Crippen MR) is 105 cm³/mol. The highest BCUT2D eigenvalue weighted by molar-refractivity contribution is 9.10. The van der Waals surface area contributed by atoms with E-state index in [1.807, 2.05) is 13.0 Å². The van der Waals surface area contributed by atoms with Gasteiger partial charge in [0.05, 0.1) is 11.4 Å². The molecule has 0 bridgehead atoms. The van der Waals surface area contributed by atoms with Gasteiger partial charge in [0.25, 0.3) is 5.91 Å². The minimum Gasteiger partial charge on any atom is -0.451 e. The quantitative estimate of drug-likeness (QED) is 0.480. The second-order valence-corrected chi connectivity index (χ2v) is 7.13. The fourth-order valence-corrected chi connectivity index (χ4v) is 3.33. The van der Waals surface area contributed by atoms with E-state index in [4.69, 9.17) is 33.4 Å². The molecule has 0 aliphatic heterocycles. The lowest BCUT2D eigenvalue weighted by Gasteiger charge is -2.09. The smallest absolute Gasteiger partial charge is 0.291 e. The van der Waals surface area contributed by atoms with Crippen LogP contribution in [0.5, 0.6) is 0 Å². The van der Waals surface area contributed by atoms with Crippen LogP contribution < -0.4 is 11.1 Å². The molecule has 0 spiro atoms. The summed E-state index contributed by atoms with van der Waals surface area (Å²) in [7, 11) is 0. The van der Waals surface area contributed by atoms with E-state index in [1.54, 1.807) is 36.4 Å². The van der Waals surface area contributed by atoms with Gasteiger partial charge in [0.2, 0.25) is 0 Å². The highest BCUT2D eigenvalue weighted by Crippen LogP contribution is 2.32. The van der Waals surface area contributed by atoms with E-state index in [2.05, 4.69) is 21.2 Å². The molecule has 1 heterocycles. The van der Waals surface area contributed by atoms with Crippen LogP contribution in [0.4, 0.5) is 11.4 Å². The van der Waals surface area contributed by atoms with Crippen LogP contribution in [-0.2, 0) is 0 Å². The number of amides is 1. The molecule has 7 heteroatoms. The molecule has 1 amide bonds. The zero-order chi connectivity index (χ0) is 18.1. The van der Waals surface area contributed by atoms with Gasteiger partial charge in [0, 0.05) is 20.1 Å². The first-order valence-corrected chi connectivity index (χ1v) is 8.82. The molecule has 25 heavy (non-hydrogen) atoms. The minimum absolute atomic E-state index is 0.160. The number of carbonyl (C=O) groups excluding carboxylic acids is 1. The molecule has 0 aliphatic carbocycles. The van der Waals surface area contributed by atoms with Gasteiger partial charge in [-0.2, -0.15) is 0 Å². The minimum atomic E-state index is -0.414. The van der Waals surface area contributed by atoms with Crippen molar-refractivity contribution in [2.45, 2.75) is 6.92 Å². The normalized spacial score (nSPS) is 10.7. The highest BCUT2D eigenvalue weighted by atomic mass is 79.9. The number of furan rings is 1. The third kappa shape index (κ3) is 3.84. The van der Waals surface area contributed by atoms with Gasteiger partial charge in [0.15, 0.2) is 5.76 Å². The van der Waals surface area contributed by atoms with Crippen LogP contribution >= 0.6 is 39.1 Å². The van der Waals surface area contributed by atoms with Gasteiger partial charge < -0.3 is 15.5 Å². The summed E-state index contributed by atoms with van der Waals surface area (Å²) >= 11 is 15.5. The summed E-state index contributed by atoms with van der Waals surface area (Å²) in [6.45, 7) is 1.84. The summed E-state index contributed by atoms with van der Waals surface area (Å²) in [5, 5.41) is 3.83. The van der Waals surface area contributed by atoms with Gasteiger partial charge in [-0.25, -0.2) is 0 Å². The SMILES string of the molecule is Cc1cc(N)c(NC(=O)c2ccc(-c3ccc(Cl)cc3Br)o2)cc1Cl. The zero-order valence-corrected chi connectivity index (χ0v) is 16.2. The number of carbonyl (C=O) groups is 1. The number of hydrogen-bond donors (Lipinski definition) is 2. The second-order valence-electron chi connectivity index (χ2n) is 5.43. The van der Waals surface area contributed by atoms with E-state index in [9.17, 15) is 4.79 Å². The summed E-state index contributed by atoms with van der Waals surface area (Å²) < 4.78 is 6.43. The number of nitrogens with one attached hydrogen (secondary N) is 1. The molecule has 0 saturated carbocycles. The van der Waals surface area contributed by atoms with Gasteiger partial charge in [0.1, 0.15) is 5.76 Å². The zero-order valence-electron chi connectivity index (χ0n) is 13.1. The van der Waals surface area contributed by atoms with Crippen molar-refractivity contribution in [2.24, 2.45) is 0 Å². The molecule has 0 unspecified atom stereocenters. The van der Waals surface area contributed by atoms with Gasteiger partial charge in [-0.05, 0) is 70.9 Å². The van der Waals surface area contributed by atoms with E-state index >= 15 is 0 Å².